The summed E-state index contributed by atoms with van der Waals surface area (Å²) >= 11 is 1.09. The first-order valence-corrected chi connectivity index (χ1v) is 12.8. The number of aromatic nitrogens is 2. The molecule has 1 aliphatic rings. The monoisotopic (exact) mass is 535 g/mol. The van der Waals surface area contributed by atoms with E-state index in [1.165, 1.54) is 30.3 Å². The van der Waals surface area contributed by atoms with Crippen LogP contribution in [0.4, 0.5) is 20.2 Å². The molecule has 194 valence electrons. The van der Waals surface area contributed by atoms with Crippen molar-refractivity contribution >= 4 is 35.0 Å². The van der Waals surface area contributed by atoms with E-state index in [4.69, 9.17) is 4.42 Å². The Labute approximate surface area is 221 Å². The van der Waals surface area contributed by atoms with Gasteiger partial charge in [-0.3, -0.25) is 9.59 Å². The highest BCUT2D eigenvalue weighted by atomic mass is 32.2. The predicted molar refractivity (Wildman–Crippen MR) is 140 cm³/mol. The number of thioether (sulfide) groups is 1. The van der Waals surface area contributed by atoms with Crippen LogP contribution in [0.3, 0.4) is 0 Å². The van der Waals surface area contributed by atoms with Gasteiger partial charge in [0.15, 0.2) is 0 Å². The first-order valence-electron chi connectivity index (χ1n) is 11.9. The zero-order chi connectivity index (χ0) is 26.5. The summed E-state index contributed by atoms with van der Waals surface area (Å²) in [6.07, 6.45) is 0. The van der Waals surface area contributed by atoms with Crippen LogP contribution in [0.1, 0.15) is 10.4 Å². The maximum absolute atomic E-state index is 13.5. The molecule has 1 fully saturated rings. The van der Waals surface area contributed by atoms with Crippen molar-refractivity contribution < 1.29 is 22.8 Å². The highest BCUT2D eigenvalue weighted by Gasteiger charge is 2.22. The molecule has 0 saturated carbocycles. The van der Waals surface area contributed by atoms with Crippen LogP contribution in [0.2, 0.25) is 0 Å². The number of nitrogens with zero attached hydrogens (tertiary/aromatic N) is 4. The van der Waals surface area contributed by atoms with E-state index in [1.54, 1.807) is 23.1 Å². The number of rotatable bonds is 7. The van der Waals surface area contributed by atoms with Gasteiger partial charge >= 0.3 is 0 Å². The standard InChI is InChI=1S/C27H23F2N5O3S/c28-20-5-1-3-18(15-20)25-31-32-27(37-25)38-17-24(35)30-22-7-9-23(10-8-22)33-11-13-34(14-12-33)26(36)19-4-2-6-21(29)16-19/h1-10,15-16H,11-14,17H2,(H,30,35). The molecule has 8 nitrogen and oxygen atoms in total. The summed E-state index contributed by atoms with van der Waals surface area (Å²) < 4.78 is 32.4. The van der Waals surface area contributed by atoms with Crippen LogP contribution in [-0.4, -0.2) is 58.8 Å². The van der Waals surface area contributed by atoms with Crippen LogP contribution in [0.5, 0.6) is 0 Å². The van der Waals surface area contributed by atoms with E-state index >= 15 is 0 Å². The number of carbonyl (C=O) groups excluding carboxylic acids is 2. The molecule has 0 aliphatic carbocycles. The summed E-state index contributed by atoms with van der Waals surface area (Å²) in [6.45, 7) is 2.35. The molecule has 3 aromatic carbocycles. The molecule has 38 heavy (non-hydrogen) atoms. The summed E-state index contributed by atoms with van der Waals surface area (Å²) in [5, 5.41) is 10.8. The number of anilines is 2. The molecule has 2 heterocycles. The van der Waals surface area contributed by atoms with Gasteiger partial charge in [0.2, 0.25) is 11.8 Å². The Morgan fingerprint density at radius 3 is 2.32 bits per heavy atom. The molecule has 0 bridgehead atoms. The van der Waals surface area contributed by atoms with Crippen molar-refractivity contribution in [2.24, 2.45) is 0 Å². The Morgan fingerprint density at radius 1 is 0.895 bits per heavy atom. The van der Waals surface area contributed by atoms with Crippen molar-refractivity contribution in [2.45, 2.75) is 5.22 Å². The largest absolute Gasteiger partial charge is 0.411 e. The molecule has 1 saturated heterocycles. The van der Waals surface area contributed by atoms with Crippen LogP contribution in [0.25, 0.3) is 11.5 Å². The topological polar surface area (TPSA) is 91.6 Å². The van der Waals surface area contributed by atoms with Gasteiger partial charge in [-0.1, -0.05) is 23.9 Å². The zero-order valence-corrected chi connectivity index (χ0v) is 21.0. The number of hydrogen-bond donors (Lipinski definition) is 1. The number of amides is 2. The Balaban J connectivity index is 1.09. The minimum atomic E-state index is -0.426. The molecule has 1 N–H and O–H groups in total. The summed E-state index contributed by atoms with van der Waals surface area (Å²) in [6, 6.07) is 19.0. The lowest BCUT2D eigenvalue weighted by Crippen LogP contribution is -2.48. The third-order valence-electron chi connectivity index (χ3n) is 5.96. The minimum Gasteiger partial charge on any atom is -0.411 e. The molecule has 11 heteroatoms. The van der Waals surface area contributed by atoms with Crippen LogP contribution >= 0.6 is 11.8 Å². The lowest BCUT2D eigenvalue weighted by molar-refractivity contribution is -0.113. The van der Waals surface area contributed by atoms with E-state index in [2.05, 4.69) is 20.4 Å². The van der Waals surface area contributed by atoms with Crippen LogP contribution in [-0.2, 0) is 4.79 Å². The van der Waals surface area contributed by atoms with E-state index < -0.39 is 11.6 Å². The Bertz CT molecular complexity index is 1440. The molecule has 2 amide bonds. The zero-order valence-electron chi connectivity index (χ0n) is 20.1. The van der Waals surface area contributed by atoms with E-state index in [0.717, 1.165) is 17.4 Å². The molecule has 0 spiro atoms. The molecular weight excluding hydrogens is 512 g/mol. The molecule has 0 unspecified atom stereocenters. The number of nitrogens with one attached hydrogen (secondary N) is 1. The van der Waals surface area contributed by atoms with Gasteiger partial charge < -0.3 is 19.5 Å². The van der Waals surface area contributed by atoms with Gasteiger partial charge in [-0.05, 0) is 60.7 Å². The Kier molecular flexibility index (Phi) is 7.64. The van der Waals surface area contributed by atoms with Gasteiger partial charge in [0.1, 0.15) is 11.6 Å². The first-order chi connectivity index (χ1) is 18.4. The summed E-state index contributed by atoms with van der Waals surface area (Å²) in [5.74, 6) is -0.998. The molecule has 0 radical (unpaired) electrons. The van der Waals surface area contributed by atoms with Crippen LogP contribution < -0.4 is 10.2 Å². The van der Waals surface area contributed by atoms with Crippen molar-refractivity contribution in [3.63, 3.8) is 0 Å². The fraction of sp³-hybridized carbons (Fsp3) is 0.185. The number of benzene rings is 3. The average Bonchev–Trinajstić information content (AvgIpc) is 3.41. The molecular formula is C27H23F2N5O3S. The van der Waals surface area contributed by atoms with Crippen molar-refractivity contribution in [3.8, 4) is 11.5 Å². The van der Waals surface area contributed by atoms with E-state index in [1.807, 2.05) is 24.3 Å². The highest BCUT2D eigenvalue weighted by molar-refractivity contribution is 7.99. The van der Waals surface area contributed by atoms with Gasteiger partial charge in [0.25, 0.3) is 11.1 Å². The lowest BCUT2D eigenvalue weighted by atomic mass is 10.1. The molecule has 4 aromatic rings. The third-order valence-corrected chi connectivity index (χ3v) is 6.78. The number of halogens is 2. The smallest absolute Gasteiger partial charge is 0.277 e. The summed E-state index contributed by atoms with van der Waals surface area (Å²) in [5.41, 5.74) is 2.44. The van der Waals surface area contributed by atoms with Gasteiger partial charge in [0.05, 0.1) is 5.75 Å². The Morgan fingerprint density at radius 2 is 1.61 bits per heavy atom. The molecule has 1 aliphatic heterocycles. The Hall–Kier alpha value is -4.25. The number of carbonyl (C=O) groups is 2. The van der Waals surface area contributed by atoms with Crippen LogP contribution in [0.15, 0.2) is 82.4 Å². The van der Waals surface area contributed by atoms with Crippen molar-refractivity contribution in [1.82, 2.24) is 15.1 Å². The van der Waals surface area contributed by atoms with Crippen molar-refractivity contribution in [3.05, 3.63) is 90.0 Å². The average molecular weight is 536 g/mol. The first kappa shape index (κ1) is 25.4. The van der Waals surface area contributed by atoms with Crippen molar-refractivity contribution in [2.75, 3.05) is 42.1 Å². The molecule has 0 atom stereocenters. The third kappa shape index (κ3) is 6.17. The normalized spacial score (nSPS) is 13.4. The van der Waals surface area contributed by atoms with E-state index in [-0.39, 0.29) is 28.7 Å². The fourth-order valence-electron chi connectivity index (χ4n) is 4.06. The summed E-state index contributed by atoms with van der Waals surface area (Å²) in [7, 11) is 0. The second-order valence-corrected chi connectivity index (χ2v) is 9.48. The number of hydrogen-bond acceptors (Lipinski definition) is 7. The van der Waals surface area contributed by atoms with Crippen molar-refractivity contribution in [1.29, 1.82) is 0 Å². The van der Waals surface area contributed by atoms with Gasteiger partial charge in [-0.25, -0.2) is 8.78 Å². The van der Waals surface area contributed by atoms with Gasteiger partial charge in [0, 0.05) is 48.7 Å². The van der Waals surface area contributed by atoms with Gasteiger partial charge in [-0.2, -0.15) is 0 Å². The predicted octanol–water partition coefficient (Wildman–Crippen LogP) is 4.71. The quantitative estimate of drug-likeness (QED) is 0.343. The fourth-order valence-corrected chi connectivity index (χ4v) is 4.62. The maximum Gasteiger partial charge on any atom is 0.277 e. The SMILES string of the molecule is O=C(CSc1nnc(-c2cccc(F)c2)o1)Nc1ccc(N2CCN(C(=O)c3cccc(F)c3)CC2)cc1. The lowest BCUT2D eigenvalue weighted by Gasteiger charge is -2.36. The molecule has 1 aromatic heterocycles. The maximum atomic E-state index is 13.5. The minimum absolute atomic E-state index is 0.0633. The van der Waals surface area contributed by atoms with Crippen LogP contribution in [0, 0.1) is 11.6 Å². The van der Waals surface area contributed by atoms with E-state index in [0.29, 0.717) is 43.0 Å². The highest BCUT2D eigenvalue weighted by Crippen LogP contribution is 2.24. The van der Waals surface area contributed by atoms with E-state index in [9.17, 15) is 18.4 Å². The van der Waals surface area contributed by atoms with Gasteiger partial charge in [-0.15, -0.1) is 10.2 Å². The summed E-state index contributed by atoms with van der Waals surface area (Å²) in [4.78, 5) is 28.9. The second kappa shape index (κ2) is 11.4. The number of piperazine rings is 1. The second-order valence-electron chi connectivity index (χ2n) is 8.56. The molecule has 5 rings (SSSR count).